The van der Waals surface area contributed by atoms with E-state index in [0.29, 0.717) is 25.2 Å². The summed E-state index contributed by atoms with van der Waals surface area (Å²) < 4.78 is 5.81. The number of nitrogens with zero attached hydrogens (tertiary/aromatic N) is 1. The first-order valence-electron chi connectivity index (χ1n) is 7.00. The summed E-state index contributed by atoms with van der Waals surface area (Å²) >= 11 is 0. The van der Waals surface area contributed by atoms with E-state index in [1.165, 1.54) is 12.1 Å². The predicted molar refractivity (Wildman–Crippen MR) is 72.3 cm³/mol. The van der Waals surface area contributed by atoms with Crippen LogP contribution in [0.5, 0.6) is 0 Å². The molecule has 0 aromatic heterocycles. The quantitative estimate of drug-likeness (QED) is 0.614. The SMILES string of the molecule is O=C1CCCC[C@@]12CO[C@@H](c1ccc([N+](=O)[O-])cc1)C2. The van der Waals surface area contributed by atoms with E-state index in [2.05, 4.69) is 0 Å². The van der Waals surface area contributed by atoms with Crippen LogP contribution in [0.4, 0.5) is 5.69 Å². The molecule has 1 saturated carbocycles. The maximum Gasteiger partial charge on any atom is 0.269 e. The first-order valence-corrected chi connectivity index (χ1v) is 7.00. The van der Waals surface area contributed by atoms with E-state index in [-0.39, 0.29) is 17.2 Å². The summed E-state index contributed by atoms with van der Waals surface area (Å²) in [5.74, 6) is 0.327. The number of ketones is 1. The Hall–Kier alpha value is -1.75. The number of nitro groups is 1. The molecule has 5 nitrogen and oxygen atoms in total. The van der Waals surface area contributed by atoms with E-state index in [1.807, 2.05) is 0 Å². The molecule has 1 spiro atoms. The largest absolute Gasteiger partial charge is 0.372 e. The van der Waals surface area contributed by atoms with Crippen molar-refractivity contribution in [2.45, 2.75) is 38.2 Å². The van der Waals surface area contributed by atoms with Crippen LogP contribution in [0.1, 0.15) is 43.8 Å². The van der Waals surface area contributed by atoms with Gasteiger partial charge in [-0.1, -0.05) is 6.42 Å². The van der Waals surface area contributed by atoms with Gasteiger partial charge in [0, 0.05) is 18.6 Å². The molecule has 2 aliphatic rings. The van der Waals surface area contributed by atoms with E-state index >= 15 is 0 Å². The van der Waals surface area contributed by atoms with Crippen molar-refractivity contribution in [2.24, 2.45) is 5.41 Å². The molecule has 106 valence electrons. The highest BCUT2D eigenvalue weighted by atomic mass is 16.6. The molecule has 2 atom stereocenters. The Bertz CT molecular complexity index is 539. The van der Waals surface area contributed by atoms with Gasteiger partial charge in [0.15, 0.2) is 0 Å². The molecule has 0 bridgehead atoms. The van der Waals surface area contributed by atoms with Gasteiger partial charge >= 0.3 is 0 Å². The van der Waals surface area contributed by atoms with E-state index in [4.69, 9.17) is 4.74 Å². The monoisotopic (exact) mass is 275 g/mol. The molecule has 1 aliphatic carbocycles. The maximum atomic E-state index is 12.2. The fraction of sp³-hybridized carbons (Fsp3) is 0.533. The van der Waals surface area contributed by atoms with Crippen molar-refractivity contribution in [3.05, 3.63) is 39.9 Å². The number of carbonyl (C=O) groups is 1. The van der Waals surface area contributed by atoms with E-state index in [9.17, 15) is 14.9 Å². The first kappa shape index (κ1) is 13.2. The zero-order chi connectivity index (χ0) is 14.2. The molecule has 1 aromatic rings. The van der Waals surface area contributed by atoms with Gasteiger partial charge in [-0.25, -0.2) is 0 Å². The van der Waals surface area contributed by atoms with Gasteiger partial charge in [-0.15, -0.1) is 0 Å². The summed E-state index contributed by atoms with van der Waals surface area (Å²) in [7, 11) is 0. The minimum Gasteiger partial charge on any atom is -0.372 e. The number of benzene rings is 1. The number of Topliss-reactive ketones (excluding diaryl/α,β-unsaturated/α-hetero) is 1. The third kappa shape index (κ3) is 2.22. The summed E-state index contributed by atoms with van der Waals surface area (Å²) in [5, 5.41) is 10.6. The molecule has 1 saturated heterocycles. The normalized spacial score (nSPS) is 29.8. The van der Waals surface area contributed by atoms with Gasteiger partial charge in [-0.2, -0.15) is 0 Å². The molecule has 1 aliphatic heterocycles. The third-order valence-corrected chi connectivity index (χ3v) is 4.51. The van der Waals surface area contributed by atoms with Gasteiger partial charge in [0.2, 0.25) is 0 Å². The number of carbonyl (C=O) groups excluding carboxylic acids is 1. The van der Waals surface area contributed by atoms with Crippen molar-refractivity contribution in [1.29, 1.82) is 0 Å². The van der Waals surface area contributed by atoms with Gasteiger partial charge in [-0.3, -0.25) is 14.9 Å². The van der Waals surface area contributed by atoms with Crippen LogP contribution < -0.4 is 0 Å². The molecule has 0 radical (unpaired) electrons. The summed E-state index contributed by atoms with van der Waals surface area (Å²) in [4.78, 5) is 22.4. The van der Waals surface area contributed by atoms with Crippen molar-refractivity contribution in [1.82, 2.24) is 0 Å². The second-order valence-corrected chi connectivity index (χ2v) is 5.76. The smallest absolute Gasteiger partial charge is 0.269 e. The van der Waals surface area contributed by atoms with Crippen LogP contribution in [0.15, 0.2) is 24.3 Å². The number of nitro benzene ring substituents is 1. The van der Waals surface area contributed by atoms with Crippen molar-refractivity contribution in [2.75, 3.05) is 6.61 Å². The number of non-ortho nitro benzene ring substituents is 1. The highest BCUT2D eigenvalue weighted by Gasteiger charge is 2.47. The molecule has 1 aromatic carbocycles. The number of hydrogen-bond donors (Lipinski definition) is 0. The Balaban J connectivity index is 1.76. The van der Waals surface area contributed by atoms with Crippen molar-refractivity contribution in [3.8, 4) is 0 Å². The highest BCUT2D eigenvalue weighted by molar-refractivity contribution is 5.86. The van der Waals surface area contributed by atoms with Gasteiger partial charge in [0.1, 0.15) is 5.78 Å². The molecule has 0 N–H and O–H groups in total. The zero-order valence-electron chi connectivity index (χ0n) is 11.2. The Kier molecular flexibility index (Phi) is 3.30. The van der Waals surface area contributed by atoms with Crippen LogP contribution in [0.3, 0.4) is 0 Å². The van der Waals surface area contributed by atoms with Gasteiger partial charge < -0.3 is 4.74 Å². The maximum absolute atomic E-state index is 12.2. The Morgan fingerprint density at radius 2 is 2.00 bits per heavy atom. The Morgan fingerprint density at radius 3 is 2.65 bits per heavy atom. The first-order chi connectivity index (χ1) is 9.61. The third-order valence-electron chi connectivity index (χ3n) is 4.51. The van der Waals surface area contributed by atoms with Crippen LogP contribution in [0.2, 0.25) is 0 Å². The molecule has 20 heavy (non-hydrogen) atoms. The van der Waals surface area contributed by atoms with E-state index < -0.39 is 4.92 Å². The lowest BCUT2D eigenvalue weighted by molar-refractivity contribution is -0.384. The van der Waals surface area contributed by atoms with Crippen molar-refractivity contribution >= 4 is 11.5 Å². The lowest BCUT2D eigenvalue weighted by Gasteiger charge is -2.30. The molecule has 1 heterocycles. The van der Waals surface area contributed by atoms with Crippen LogP contribution in [0, 0.1) is 15.5 Å². The van der Waals surface area contributed by atoms with E-state index in [0.717, 1.165) is 24.8 Å². The van der Waals surface area contributed by atoms with Gasteiger partial charge in [0.25, 0.3) is 5.69 Å². The average molecular weight is 275 g/mol. The molecule has 2 fully saturated rings. The predicted octanol–water partition coefficient (Wildman–Crippen LogP) is 3.19. The summed E-state index contributed by atoms with van der Waals surface area (Å²) in [6.07, 6.45) is 4.25. The van der Waals surface area contributed by atoms with Gasteiger partial charge in [0.05, 0.1) is 23.0 Å². The molecule has 3 rings (SSSR count). The Labute approximate surface area is 117 Å². The van der Waals surface area contributed by atoms with Gasteiger partial charge in [-0.05, 0) is 37.0 Å². The van der Waals surface area contributed by atoms with Crippen LogP contribution in [-0.2, 0) is 9.53 Å². The molecule has 0 unspecified atom stereocenters. The highest BCUT2D eigenvalue weighted by Crippen LogP contribution is 2.47. The van der Waals surface area contributed by atoms with E-state index in [1.54, 1.807) is 12.1 Å². The van der Waals surface area contributed by atoms with Crippen LogP contribution >= 0.6 is 0 Å². The minimum absolute atomic E-state index is 0.0789. The number of ether oxygens (including phenoxy) is 1. The average Bonchev–Trinajstić information content (AvgIpc) is 2.88. The van der Waals surface area contributed by atoms with Crippen molar-refractivity contribution < 1.29 is 14.5 Å². The minimum atomic E-state index is -0.411. The summed E-state index contributed by atoms with van der Waals surface area (Å²) in [6, 6.07) is 6.45. The molecule has 0 amide bonds. The lowest BCUT2D eigenvalue weighted by atomic mass is 9.71. The second-order valence-electron chi connectivity index (χ2n) is 5.76. The molecule has 5 heteroatoms. The van der Waals surface area contributed by atoms with Crippen LogP contribution in [-0.4, -0.2) is 17.3 Å². The van der Waals surface area contributed by atoms with Crippen LogP contribution in [0.25, 0.3) is 0 Å². The topological polar surface area (TPSA) is 69.4 Å². The number of rotatable bonds is 2. The zero-order valence-corrected chi connectivity index (χ0v) is 11.2. The fourth-order valence-corrected chi connectivity index (χ4v) is 3.28. The fourth-order valence-electron chi connectivity index (χ4n) is 3.28. The molecular weight excluding hydrogens is 258 g/mol. The molecular formula is C15H17NO4. The second kappa shape index (κ2) is 4.98. The Morgan fingerprint density at radius 1 is 1.25 bits per heavy atom. The van der Waals surface area contributed by atoms with Crippen molar-refractivity contribution in [3.63, 3.8) is 0 Å². The summed E-state index contributed by atoms with van der Waals surface area (Å²) in [6.45, 7) is 0.494. The summed E-state index contributed by atoms with van der Waals surface area (Å²) in [5.41, 5.74) is 0.700. The standard InChI is InChI=1S/C15H17NO4/c17-14-3-1-2-8-15(14)9-13(20-10-15)11-4-6-12(7-5-11)16(18)19/h4-7,13H,1-3,8-10H2/t13-,15-/m1/s1. The lowest BCUT2D eigenvalue weighted by Crippen LogP contribution is -2.34. The number of hydrogen-bond acceptors (Lipinski definition) is 4.